The molecule has 0 aromatic heterocycles. The number of carbonyl (C=O) groups is 1. The van der Waals surface area contributed by atoms with Gasteiger partial charge in [0.2, 0.25) is 0 Å². The van der Waals surface area contributed by atoms with E-state index in [2.05, 4.69) is 11.8 Å². The van der Waals surface area contributed by atoms with E-state index < -0.39 is 6.10 Å². The van der Waals surface area contributed by atoms with Gasteiger partial charge in [0.25, 0.3) is 0 Å². The lowest BCUT2D eigenvalue weighted by molar-refractivity contribution is 0.0537. The lowest BCUT2D eigenvalue weighted by atomic mass is 10.0. The quantitative estimate of drug-likeness (QED) is 0.818. The van der Waals surface area contributed by atoms with E-state index in [1.807, 2.05) is 0 Å². The Balaban J connectivity index is 1.75. The van der Waals surface area contributed by atoms with Crippen LogP contribution in [0.15, 0.2) is 24.3 Å². The van der Waals surface area contributed by atoms with Crippen molar-refractivity contribution in [1.82, 2.24) is 4.90 Å². The summed E-state index contributed by atoms with van der Waals surface area (Å²) >= 11 is 0. The van der Waals surface area contributed by atoms with Crippen molar-refractivity contribution in [2.24, 2.45) is 5.92 Å². The first kappa shape index (κ1) is 16.0. The highest BCUT2D eigenvalue weighted by Crippen LogP contribution is 2.16. The van der Waals surface area contributed by atoms with E-state index in [4.69, 9.17) is 4.74 Å². The molecular formula is C17H25NO3. The highest BCUT2D eigenvalue weighted by atomic mass is 16.5. The number of rotatable bonds is 6. The Morgan fingerprint density at radius 2 is 2.14 bits per heavy atom. The number of benzene rings is 1. The number of aliphatic hydroxyl groups excluding tert-OH is 1. The van der Waals surface area contributed by atoms with Gasteiger partial charge in [-0.2, -0.15) is 0 Å². The average molecular weight is 291 g/mol. The Morgan fingerprint density at radius 1 is 1.43 bits per heavy atom. The number of piperidine rings is 1. The van der Waals surface area contributed by atoms with Crippen LogP contribution in [0, 0.1) is 5.92 Å². The number of β-amino-alcohol motifs (C(OH)–C–C–N with tert-alkyl or cyclic N) is 1. The Labute approximate surface area is 126 Å². The summed E-state index contributed by atoms with van der Waals surface area (Å²) in [4.78, 5) is 13.5. The molecule has 0 saturated carbocycles. The Hall–Kier alpha value is -1.39. The van der Waals surface area contributed by atoms with Crippen LogP contribution in [0.4, 0.5) is 0 Å². The van der Waals surface area contributed by atoms with Gasteiger partial charge in [-0.3, -0.25) is 4.79 Å². The van der Waals surface area contributed by atoms with Crippen LogP contribution in [-0.4, -0.2) is 48.1 Å². The summed E-state index contributed by atoms with van der Waals surface area (Å²) < 4.78 is 5.58. The number of Topliss-reactive ketones (excluding diaryl/α,β-unsaturated/α-hetero) is 1. The number of carbonyl (C=O) groups excluding carboxylic acids is 1. The normalized spacial score (nSPS) is 21.0. The minimum atomic E-state index is -0.484. The smallest absolute Gasteiger partial charge is 0.159 e. The van der Waals surface area contributed by atoms with Crippen molar-refractivity contribution < 1.29 is 14.6 Å². The van der Waals surface area contributed by atoms with Gasteiger partial charge < -0.3 is 14.7 Å². The van der Waals surface area contributed by atoms with E-state index >= 15 is 0 Å². The summed E-state index contributed by atoms with van der Waals surface area (Å²) in [6.45, 7) is 6.87. The highest BCUT2D eigenvalue weighted by Gasteiger charge is 2.19. The summed E-state index contributed by atoms with van der Waals surface area (Å²) in [7, 11) is 0. The van der Waals surface area contributed by atoms with E-state index in [9.17, 15) is 9.90 Å². The van der Waals surface area contributed by atoms with Crippen molar-refractivity contribution in [2.75, 3.05) is 26.2 Å². The third-order valence-corrected chi connectivity index (χ3v) is 3.91. The number of aliphatic hydroxyl groups is 1. The maximum Gasteiger partial charge on any atom is 0.159 e. The van der Waals surface area contributed by atoms with E-state index in [0.29, 0.717) is 23.8 Å². The predicted molar refractivity (Wildman–Crippen MR) is 82.8 cm³/mol. The monoisotopic (exact) mass is 291 g/mol. The van der Waals surface area contributed by atoms with Gasteiger partial charge in [-0.1, -0.05) is 6.92 Å². The zero-order chi connectivity index (χ0) is 15.2. The second kappa shape index (κ2) is 7.57. The zero-order valence-corrected chi connectivity index (χ0v) is 12.9. The van der Waals surface area contributed by atoms with Crippen LogP contribution in [-0.2, 0) is 0 Å². The number of ketones is 1. The molecule has 2 atom stereocenters. The fourth-order valence-electron chi connectivity index (χ4n) is 2.78. The van der Waals surface area contributed by atoms with E-state index in [1.165, 1.54) is 12.8 Å². The first-order valence-corrected chi connectivity index (χ1v) is 7.69. The van der Waals surface area contributed by atoms with E-state index in [1.54, 1.807) is 31.2 Å². The number of hydrogen-bond donors (Lipinski definition) is 1. The van der Waals surface area contributed by atoms with Crippen molar-refractivity contribution in [1.29, 1.82) is 0 Å². The topological polar surface area (TPSA) is 49.8 Å². The van der Waals surface area contributed by atoms with Gasteiger partial charge >= 0.3 is 0 Å². The summed E-state index contributed by atoms with van der Waals surface area (Å²) in [6.07, 6.45) is 2.01. The van der Waals surface area contributed by atoms with Gasteiger partial charge in [-0.25, -0.2) is 0 Å². The second-order valence-corrected chi connectivity index (χ2v) is 6.05. The molecule has 0 spiro atoms. The number of nitrogens with zero attached hydrogens (tertiary/aromatic N) is 1. The summed E-state index contributed by atoms with van der Waals surface area (Å²) in [5, 5.41) is 10.1. The third-order valence-electron chi connectivity index (χ3n) is 3.91. The summed E-state index contributed by atoms with van der Waals surface area (Å²) in [5.41, 5.74) is 0.671. The Kier molecular flexibility index (Phi) is 5.76. The van der Waals surface area contributed by atoms with Crippen LogP contribution >= 0.6 is 0 Å². The third kappa shape index (κ3) is 5.14. The number of likely N-dealkylation sites (tertiary alicyclic amines) is 1. The van der Waals surface area contributed by atoms with Crippen molar-refractivity contribution in [3.63, 3.8) is 0 Å². The van der Waals surface area contributed by atoms with Crippen molar-refractivity contribution in [3.8, 4) is 5.75 Å². The lowest BCUT2D eigenvalue weighted by Crippen LogP contribution is -2.41. The first-order chi connectivity index (χ1) is 10.0. The molecule has 4 heteroatoms. The molecule has 1 N–H and O–H groups in total. The maximum absolute atomic E-state index is 11.2. The molecular weight excluding hydrogens is 266 g/mol. The van der Waals surface area contributed by atoms with Gasteiger partial charge in [-0.15, -0.1) is 0 Å². The molecule has 1 fully saturated rings. The molecule has 1 aromatic rings. The molecule has 1 saturated heterocycles. The van der Waals surface area contributed by atoms with Crippen LogP contribution in [0.1, 0.15) is 37.0 Å². The van der Waals surface area contributed by atoms with Crippen molar-refractivity contribution in [3.05, 3.63) is 29.8 Å². The molecule has 0 aliphatic carbocycles. The molecule has 4 nitrogen and oxygen atoms in total. The highest BCUT2D eigenvalue weighted by molar-refractivity contribution is 5.94. The average Bonchev–Trinajstić information content (AvgIpc) is 2.45. The summed E-state index contributed by atoms with van der Waals surface area (Å²) in [6, 6.07) is 7.03. The van der Waals surface area contributed by atoms with Gasteiger partial charge in [-0.05, 0) is 56.5 Å². The van der Waals surface area contributed by atoms with E-state index in [0.717, 1.165) is 13.1 Å². The molecule has 1 aliphatic heterocycles. The number of ether oxygens (including phenoxy) is 1. The van der Waals surface area contributed by atoms with Crippen LogP contribution in [0.5, 0.6) is 5.75 Å². The van der Waals surface area contributed by atoms with E-state index in [-0.39, 0.29) is 12.4 Å². The van der Waals surface area contributed by atoms with Crippen LogP contribution in [0.25, 0.3) is 0 Å². The van der Waals surface area contributed by atoms with Gasteiger partial charge in [0.15, 0.2) is 5.78 Å². The molecule has 0 radical (unpaired) electrons. The standard InChI is InChI=1S/C17H25NO3/c1-13-4-3-9-18(10-13)11-16(20)12-21-17-7-5-15(6-8-17)14(2)19/h5-8,13,16,20H,3-4,9-12H2,1-2H3/t13-,16+/m1/s1. The fraction of sp³-hybridized carbons (Fsp3) is 0.588. The Morgan fingerprint density at radius 3 is 2.76 bits per heavy atom. The minimum absolute atomic E-state index is 0.0424. The molecule has 2 rings (SSSR count). The van der Waals surface area contributed by atoms with Crippen LogP contribution in [0.2, 0.25) is 0 Å². The van der Waals surface area contributed by atoms with Gasteiger partial charge in [0.05, 0.1) is 0 Å². The summed E-state index contributed by atoms with van der Waals surface area (Å²) in [5.74, 6) is 1.44. The van der Waals surface area contributed by atoms with Gasteiger partial charge in [0.1, 0.15) is 18.5 Å². The van der Waals surface area contributed by atoms with Gasteiger partial charge in [0, 0.05) is 18.7 Å². The van der Waals surface area contributed by atoms with Crippen molar-refractivity contribution in [2.45, 2.75) is 32.8 Å². The maximum atomic E-state index is 11.2. The fourth-order valence-corrected chi connectivity index (χ4v) is 2.78. The van der Waals surface area contributed by atoms with Crippen LogP contribution in [0.3, 0.4) is 0 Å². The first-order valence-electron chi connectivity index (χ1n) is 7.69. The molecule has 116 valence electrons. The molecule has 1 aliphatic rings. The molecule has 21 heavy (non-hydrogen) atoms. The molecule has 1 aromatic carbocycles. The van der Waals surface area contributed by atoms with Crippen LogP contribution < -0.4 is 4.74 Å². The lowest BCUT2D eigenvalue weighted by Gasteiger charge is -2.32. The molecule has 0 bridgehead atoms. The largest absolute Gasteiger partial charge is 0.491 e. The minimum Gasteiger partial charge on any atom is -0.491 e. The predicted octanol–water partition coefficient (Wildman–Crippen LogP) is 2.36. The molecule has 0 unspecified atom stereocenters. The molecule has 0 amide bonds. The number of hydrogen-bond acceptors (Lipinski definition) is 4. The van der Waals surface area contributed by atoms with Crippen molar-refractivity contribution >= 4 is 5.78 Å². The second-order valence-electron chi connectivity index (χ2n) is 6.05. The Bertz CT molecular complexity index is 458. The SMILES string of the molecule is CC(=O)c1ccc(OC[C@@H](O)CN2CCC[C@@H](C)C2)cc1. The molecule has 1 heterocycles. The zero-order valence-electron chi connectivity index (χ0n) is 12.9.